The highest BCUT2D eigenvalue weighted by molar-refractivity contribution is 9.10. The number of carboxylic acid groups (broad SMARTS) is 1. The molecule has 0 bridgehead atoms. The maximum Gasteiger partial charge on any atom is 0.335 e. The fourth-order valence-corrected chi connectivity index (χ4v) is 3.59. The van der Waals surface area contributed by atoms with E-state index < -0.39 is 5.97 Å². The number of nitrogens with one attached hydrogen (secondary N) is 1. The van der Waals surface area contributed by atoms with Gasteiger partial charge in [0.15, 0.2) is 0 Å². The first-order valence-electron chi connectivity index (χ1n) is 5.91. The van der Waals surface area contributed by atoms with Crippen molar-refractivity contribution in [2.24, 2.45) is 0 Å². The number of hydrogen-bond donors (Lipinski definition) is 2. The van der Waals surface area contributed by atoms with Gasteiger partial charge in [-0.2, -0.15) is 0 Å². The minimum atomic E-state index is -0.926. The monoisotopic (exact) mass is 347 g/mol. The van der Waals surface area contributed by atoms with Crippen molar-refractivity contribution >= 4 is 44.6 Å². The van der Waals surface area contributed by atoms with Crippen LogP contribution in [0.2, 0.25) is 0 Å². The molecule has 0 atom stereocenters. The molecule has 1 aromatic heterocycles. The molecule has 1 heterocycles. The molecule has 0 unspecified atom stereocenters. The van der Waals surface area contributed by atoms with E-state index in [4.69, 9.17) is 5.11 Å². The summed E-state index contributed by atoms with van der Waals surface area (Å²) in [6.07, 6.45) is 0. The molecule has 5 heteroatoms. The quantitative estimate of drug-likeness (QED) is 0.716. The Hall–Kier alpha value is -1.72. The smallest absolute Gasteiger partial charge is 0.335 e. The second-order valence-electron chi connectivity index (χ2n) is 4.30. The number of rotatable bonds is 3. The third kappa shape index (κ3) is 2.73. The maximum absolute atomic E-state index is 11.1. The summed E-state index contributed by atoms with van der Waals surface area (Å²) >= 11 is 4.85. The van der Waals surface area contributed by atoms with Gasteiger partial charge < -0.3 is 10.1 Å². The highest BCUT2D eigenvalue weighted by Gasteiger charge is 2.08. The summed E-state index contributed by atoms with van der Waals surface area (Å²) in [4.78, 5) is 15.3. The highest BCUT2D eigenvalue weighted by atomic mass is 79.9. The van der Waals surface area contributed by atoms with Gasteiger partial charge in [0.1, 0.15) is 0 Å². The van der Waals surface area contributed by atoms with Crippen molar-refractivity contribution < 1.29 is 9.90 Å². The van der Waals surface area contributed by atoms with Gasteiger partial charge in [-0.05, 0) is 30.3 Å². The molecule has 100 valence electrons. The van der Waals surface area contributed by atoms with E-state index in [0.717, 1.165) is 25.3 Å². The van der Waals surface area contributed by atoms with Gasteiger partial charge in [0.05, 0.1) is 10.6 Å². The molecule has 2 N–H and O–H groups in total. The van der Waals surface area contributed by atoms with Crippen molar-refractivity contribution in [3.63, 3.8) is 0 Å². The minimum Gasteiger partial charge on any atom is -0.478 e. The van der Waals surface area contributed by atoms with Crippen LogP contribution in [0.5, 0.6) is 0 Å². The summed E-state index contributed by atoms with van der Waals surface area (Å²) < 4.78 is 0.760. The Bertz CT molecular complexity index is 764. The van der Waals surface area contributed by atoms with Gasteiger partial charge >= 0.3 is 5.97 Å². The summed E-state index contributed by atoms with van der Waals surface area (Å²) in [6, 6.07) is 15.3. The fourth-order valence-electron chi connectivity index (χ4n) is 1.97. The second-order valence-corrected chi connectivity index (χ2v) is 6.33. The van der Waals surface area contributed by atoms with E-state index in [0.29, 0.717) is 0 Å². The molecule has 0 aliphatic carbocycles. The van der Waals surface area contributed by atoms with Crippen LogP contribution in [0.3, 0.4) is 0 Å². The molecule has 3 nitrogen and oxygen atoms in total. The van der Waals surface area contributed by atoms with Crippen LogP contribution in [0.25, 0.3) is 10.9 Å². The standard InChI is InChI=1S/C15H10BrNO2S/c16-11-5-10(15(18)19)6-12(8-11)20-14-7-9-3-1-2-4-13(9)17-14/h1-8,17H,(H,18,19). The first-order valence-corrected chi connectivity index (χ1v) is 7.52. The van der Waals surface area contributed by atoms with Gasteiger partial charge in [-0.25, -0.2) is 4.79 Å². The zero-order valence-electron chi connectivity index (χ0n) is 10.3. The van der Waals surface area contributed by atoms with Crippen LogP contribution in [-0.2, 0) is 0 Å². The Kier molecular flexibility index (Phi) is 3.54. The average Bonchev–Trinajstić information content (AvgIpc) is 2.79. The molecule has 0 amide bonds. The molecule has 0 saturated heterocycles. The van der Waals surface area contributed by atoms with Gasteiger partial charge in [-0.3, -0.25) is 0 Å². The molecule has 0 saturated carbocycles. The maximum atomic E-state index is 11.1. The van der Waals surface area contributed by atoms with Crippen LogP contribution in [0, 0.1) is 0 Å². The highest BCUT2D eigenvalue weighted by Crippen LogP contribution is 2.32. The van der Waals surface area contributed by atoms with E-state index in [1.165, 1.54) is 11.8 Å². The average molecular weight is 348 g/mol. The molecule has 0 aliphatic heterocycles. The van der Waals surface area contributed by atoms with Crippen molar-refractivity contribution in [2.45, 2.75) is 9.92 Å². The van der Waals surface area contributed by atoms with E-state index in [-0.39, 0.29) is 5.56 Å². The first-order chi connectivity index (χ1) is 9.61. The number of aromatic amines is 1. The van der Waals surface area contributed by atoms with Crippen molar-refractivity contribution in [3.8, 4) is 0 Å². The van der Waals surface area contributed by atoms with Crippen LogP contribution in [0.4, 0.5) is 0 Å². The number of fused-ring (bicyclic) bond motifs is 1. The van der Waals surface area contributed by atoms with E-state index in [1.54, 1.807) is 12.1 Å². The SMILES string of the molecule is O=C(O)c1cc(Br)cc(Sc2cc3ccccc3[nH]2)c1. The largest absolute Gasteiger partial charge is 0.478 e. The molecule has 0 fully saturated rings. The molecule has 3 rings (SSSR count). The number of carbonyl (C=O) groups is 1. The molecule has 3 aromatic rings. The lowest BCUT2D eigenvalue weighted by molar-refractivity contribution is 0.0696. The molecule has 0 radical (unpaired) electrons. The number of aromatic carboxylic acids is 1. The lowest BCUT2D eigenvalue weighted by atomic mass is 10.2. The van der Waals surface area contributed by atoms with Gasteiger partial charge in [0, 0.05) is 20.3 Å². The number of para-hydroxylation sites is 1. The summed E-state index contributed by atoms with van der Waals surface area (Å²) in [5.74, 6) is -0.926. The summed E-state index contributed by atoms with van der Waals surface area (Å²) in [6.45, 7) is 0. The van der Waals surface area contributed by atoms with Gasteiger partial charge in [-0.1, -0.05) is 45.9 Å². The number of carboxylic acids is 1. The molecule has 2 aromatic carbocycles. The van der Waals surface area contributed by atoms with Gasteiger partial charge in [-0.15, -0.1) is 0 Å². The fraction of sp³-hybridized carbons (Fsp3) is 0. The Morgan fingerprint density at radius 2 is 1.95 bits per heavy atom. The summed E-state index contributed by atoms with van der Waals surface area (Å²) in [5, 5.41) is 11.2. The van der Waals surface area contributed by atoms with Crippen molar-refractivity contribution in [1.82, 2.24) is 4.98 Å². The number of halogens is 1. The van der Waals surface area contributed by atoms with E-state index in [2.05, 4.69) is 27.0 Å². The van der Waals surface area contributed by atoms with E-state index in [1.807, 2.05) is 30.3 Å². The van der Waals surface area contributed by atoms with Crippen LogP contribution < -0.4 is 0 Å². The summed E-state index contributed by atoms with van der Waals surface area (Å²) in [5.41, 5.74) is 1.35. The van der Waals surface area contributed by atoms with Gasteiger partial charge in [0.25, 0.3) is 0 Å². The zero-order valence-corrected chi connectivity index (χ0v) is 12.7. The van der Waals surface area contributed by atoms with Crippen molar-refractivity contribution in [1.29, 1.82) is 0 Å². The minimum absolute atomic E-state index is 0.276. The lowest BCUT2D eigenvalue weighted by Gasteiger charge is -2.02. The Balaban J connectivity index is 1.96. The molecular formula is C15H10BrNO2S. The normalized spacial score (nSPS) is 10.8. The molecule has 0 aliphatic rings. The lowest BCUT2D eigenvalue weighted by Crippen LogP contribution is -1.96. The third-order valence-electron chi connectivity index (χ3n) is 2.85. The van der Waals surface area contributed by atoms with Crippen molar-refractivity contribution in [3.05, 3.63) is 58.6 Å². The van der Waals surface area contributed by atoms with Crippen molar-refractivity contribution in [2.75, 3.05) is 0 Å². The zero-order chi connectivity index (χ0) is 14.1. The molecule has 0 spiro atoms. The predicted octanol–water partition coefficient (Wildman–Crippen LogP) is 4.78. The summed E-state index contributed by atoms with van der Waals surface area (Å²) in [7, 11) is 0. The molecule has 20 heavy (non-hydrogen) atoms. The Morgan fingerprint density at radius 3 is 2.70 bits per heavy atom. The van der Waals surface area contributed by atoms with Crippen LogP contribution in [-0.4, -0.2) is 16.1 Å². The van der Waals surface area contributed by atoms with E-state index >= 15 is 0 Å². The van der Waals surface area contributed by atoms with Gasteiger partial charge in [0.2, 0.25) is 0 Å². The Morgan fingerprint density at radius 1 is 1.15 bits per heavy atom. The number of benzene rings is 2. The number of aromatic nitrogens is 1. The molecular weight excluding hydrogens is 338 g/mol. The number of hydrogen-bond acceptors (Lipinski definition) is 2. The predicted molar refractivity (Wildman–Crippen MR) is 83.5 cm³/mol. The van der Waals surface area contributed by atoms with Crippen LogP contribution >= 0.6 is 27.7 Å². The second kappa shape index (κ2) is 5.34. The first kappa shape index (κ1) is 13.3. The number of H-pyrrole nitrogens is 1. The third-order valence-corrected chi connectivity index (χ3v) is 4.22. The van der Waals surface area contributed by atoms with Crippen LogP contribution in [0.1, 0.15) is 10.4 Å². The van der Waals surface area contributed by atoms with Crippen LogP contribution in [0.15, 0.2) is 62.9 Å². The topological polar surface area (TPSA) is 53.1 Å². The van der Waals surface area contributed by atoms with E-state index in [9.17, 15) is 4.79 Å². The Labute approximate surface area is 128 Å².